The Labute approximate surface area is 130 Å². The Kier molecular flexibility index (Phi) is 5.49. The largest absolute Gasteiger partial charge is 0.493 e. The maximum atomic E-state index is 12.4. The predicted molar refractivity (Wildman–Crippen MR) is 82.0 cm³/mol. The minimum absolute atomic E-state index is 0.0471. The Morgan fingerprint density at radius 1 is 1.23 bits per heavy atom. The van der Waals surface area contributed by atoms with E-state index in [1.807, 2.05) is 6.92 Å². The van der Waals surface area contributed by atoms with Crippen molar-refractivity contribution in [2.45, 2.75) is 31.9 Å². The van der Waals surface area contributed by atoms with E-state index in [9.17, 15) is 4.79 Å². The summed E-state index contributed by atoms with van der Waals surface area (Å²) in [5.74, 6) is 1.18. The average molecular weight is 309 g/mol. The fourth-order valence-electron chi connectivity index (χ4n) is 2.59. The third-order valence-electron chi connectivity index (χ3n) is 3.81. The minimum Gasteiger partial charge on any atom is -0.493 e. The number of rotatable bonds is 6. The van der Waals surface area contributed by atoms with Crippen molar-refractivity contribution in [3.8, 4) is 17.2 Å². The van der Waals surface area contributed by atoms with Gasteiger partial charge in [0.2, 0.25) is 5.75 Å². The van der Waals surface area contributed by atoms with Crippen molar-refractivity contribution in [1.82, 2.24) is 5.32 Å². The zero-order valence-corrected chi connectivity index (χ0v) is 13.5. The van der Waals surface area contributed by atoms with E-state index in [4.69, 9.17) is 18.9 Å². The highest BCUT2D eigenvalue weighted by Crippen LogP contribution is 2.38. The van der Waals surface area contributed by atoms with Gasteiger partial charge in [0, 0.05) is 12.2 Å². The van der Waals surface area contributed by atoms with Gasteiger partial charge in [0.25, 0.3) is 5.91 Å². The standard InChI is InChI=1S/C16H23NO5/c1-10(12-6-5-7-22-12)17-16(18)11-8-13(19-2)15(21-4)14(9-11)20-3/h8-10,12H,5-7H2,1-4H3,(H,17,18)/t10-,12+/m0/s1. The van der Waals surface area contributed by atoms with Gasteiger partial charge in [-0.25, -0.2) is 0 Å². The van der Waals surface area contributed by atoms with Crippen molar-refractivity contribution < 1.29 is 23.7 Å². The normalized spacial score (nSPS) is 18.6. The lowest BCUT2D eigenvalue weighted by atomic mass is 10.1. The molecule has 1 aromatic carbocycles. The van der Waals surface area contributed by atoms with Crippen LogP contribution in [0.2, 0.25) is 0 Å². The van der Waals surface area contributed by atoms with Crippen LogP contribution in [0.3, 0.4) is 0 Å². The van der Waals surface area contributed by atoms with Crippen molar-refractivity contribution in [2.24, 2.45) is 0 Å². The number of methoxy groups -OCH3 is 3. The number of ether oxygens (including phenoxy) is 4. The molecule has 0 saturated carbocycles. The van der Waals surface area contributed by atoms with Crippen molar-refractivity contribution in [2.75, 3.05) is 27.9 Å². The molecule has 2 atom stereocenters. The first-order valence-electron chi connectivity index (χ1n) is 7.33. The van der Waals surface area contributed by atoms with Crippen LogP contribution in [0.15, 0.2) is 12.1 Å². The second kappa shape index (κ2) is 7.35. The molecule has 0 bridgehead atoms. The van der Waals surface area contributed by atoms with Crippen LogP contribution in [-0.4, -0.2) is 46.0 Å². The average Bonchev–Trinajstić information content (AvgIpc) is 3.07. The summed E-state index contributed by atoms with van der Waals surface area (Å²) in [4.78, 5) is 12.4. The van der Waals surface area contributed by atoms with Crippen LogP contribution in [0.4, 0.5) is 0 Å². The van der Waals surface area contributed by atoms with E-state index in [1.165, 1.54) is 21.3 Å². The monoisotopic (exact) mass is 309 g/mol. The van der Waals surface area contributed by atoms with Gasteiger partial charge in [0.15, 0.2) is 11.5 Å². The zero-order chi connectivity index (χ0) is 16.1. The molecule has 6 nitrogen and oxygen atoms in total. The van der Waals surface area contributed by atoms with E-state index >= 15 is 0 Å². The molecule has 1 N–H and O–H groups in total. The van der Waals surface area contributed by atoms with Gasteiger partial charge in [0.1, 0.15) is 0 Å². The van der Waals surface area contributed by atoms with Crippen molar-refractivity contribution in [3.63, 3.8) is 0 Å². The van der Waals surface area contributed by atoms with E-state index in [2.05, 4.69) is 5.32 Å². The lowest BCUT2D eigenvalue weighted by Gasteiger charge is -2.20. The molecule has 1 amide bonds. The number of hydrogen-bond acceptors (Lipinski definition) is 5. The second-order valence-corrected chi connectivity index (χ2v) is 5.23. The molecule has 0 radical (unpaired) electrons. The Balaban J connectivity index is 2.18. The number of amides is 1. The van der Waals surface area contributed by atoms with Gasteiger partial charge in [0.05, 0.1) is 33.5 Å². The van der Waals surface area contributed by atoms with E-state index in [0.29, 0.717) is 22.8 Å². The fraction of sp³-hybridized carbons (Fsp3) is 0.562. The zero-order valence-electron chi connectivity index (χ0n) is 13.5. The third kappa shape index (κ3) is 3.44. The number of carbonyl (C=O) groups is 1. The highest BCUT2D eigenvalue weighted by atomic mass is 16.5. The van der Waals surface area contributed by atoms with Crippen molar-refractivity contribution >= 4 is 5.91 Å². The first-order valence-corrected chi connectivity index (χ1v) is 7.33. The highest BCUT2D eigenvalue weighted by molar-refractivity contribution is 5.95. The molecule has 1 aliphatic heterocycles. The summed E-state index contributed by atoms with van der Waals surface area (Å²) in [6, 6.07) is 3.23. The van der Waals surface area contributed by atoms with Crippen LogP contribution in [0, 0.1) is 0 Å². The Morgan fingerprint density at radius 2 is 1.86 bits per heavy atom. The maximum absolute atomic E-state index is 12.4. The summed E-state index contributed by atoms with van der Waals surface area (Å²) >= 11 is 0. The molecule has 1 heterocycles. The summed E-state index contributed by atoms with van der Waals surface area (Å²) in [6.07, 6.45) is 2.08. The Hall–Kier alpha value is -1.95. The summed E-state index contributed by atoms with van der Waals surface area (Å²) in [5, 5.41) is 2.96. The van der Waals surface area contributed by atoms with Crippen molar-refractivity contribution in [1.29, 1.82) is 0 Å². The lowest BCUT2D eigenvalue weighted by Crippen LogP contribution is -2.40. The van der Waals surface area contributed by atoms with E-state index in [-0.39, 0.29) is 18.1 Å². The first-order chi connectivity index (χ1) is 10.6. The van der Waals surface area contributed by atoms with Gasteiger partial charge in [-0.3, -0.25) is 4.79 Å². The van der Waals surface area contributed by atoms with E-state index < -0.39 is 0 Å². The molecular weight excluding hydrogens is 286 g/mol. The molecule has 1 aromatic rings. The van der Waals surface area contributed by atoms with Gasteiger partial charge in [-0.2, -0.15) is 0 Å². The Morgan fingerprint density at radius 3 is 2.32 bits per heavy atom. The molecule has 0 unspecified atom stereocenters. The fourth-order valence-corrected chi connectivity index (χ4v) is 2.59. The van der Waals surface area contributed by atoms with Gasteiger partial charge >= 0.3 is 0 Å². The second-order valence-electron chi connectivity index (χ2n) is 5.23. The Bertz CT molecular complexity index is 500. The van der Waals surface area contributed by atoms with Gasteiger partial charge < -0.3 is 24.3 Å². The molecule has 0 aromatic heterocycles. The predicted octanol–water partition coefficient (Wildman–Crippen LogP) is 2.01. The smallest absolute Gasteiger partial charge is 0.251 e. The van der Waals surface area contributed by atoms with Gasteiger partial charge in [-0.05, 0) is 31.9 Å². The highest BCUT2D eigenvalue weighted by Gasteiger charge is 2.25. The number of hydrogen-bond donors (Lipinski definition) is 1. The lowest BCUT2D eigenvalue weighted by molar-refractivity contribution is 0.0712. The van der Waals surface area contributed by atoms with E-state index in [1.54, 1.807) is 12.1 Å². The first kappa shape index (κ1) is 16.4. The number of carbonyl (C=O) groups excluding carboxylic acids is 1. The maximum Gasteiger partial charge on any atom is 0.251 e. The van der Waals surface area contributed by atoms with Crippen LogP contribution in [0.25, 0.3) is 0 Å². The molecule has 1 saturated heterocycles. The van der Waals surface area contributed by atoms with Gasteiger partial charge in [-0.1, -0.05) is 0 Å². The van der Waals surface area contributed by atoms with E-state index in [0.717, 1.165) is 19.4 Å². The molecule has 0 spiro atoms. The summed E-state index contributed by atoms with van der Waals surface area (Å²) < 4.78 is 21.4. The molecule has 1 aliphatic rings. The summed E-state index contributed by atoms with van der Waals surface area (Å²) in [7, 11) is 4.57. The molecule has 6 heteroatoms. The van der Waals surface area contributed by atoms with Crippen LogP contribution in [0.1, 0.15) is 30.1 Å². The number of nitrogens with one attached hydrogen (secondary N) is 1. The third-order valence-corrected chi connectivity index (χ3v) is 3.81. The quantitative estimate of drug-likeness (QED) is 0.871. The van der Waals surface area contributed by atoms with Crippen LogP contribution in [0.5, 0.6) is 17.2 Å². The summed E-state index contributed by atoms with van der Waals surface area (Å²) in [6.45, 7) is 2.71. The van der Waals surface area contributed by atoms with Crippen LogP contribution < -0.4 is 19.5 Å². The molecule has 1 fully saturated rings. The molecule has 22 heavy (non-hydrogen) atoms. The topological polar surface area (TPSA) is 66.0 Å². The minimum atomic E-state index is -0.192. The molecule has 0 aliphatic carbocycles. The SMILES string of the molecule is COc1cc(C(=O)N[C@@H](C)[C@H]2CCCO2)cc(OC)c1OC. The van der Waals surface area contributed by atoms with Crippen LogP contribution >= 0.6 is 0 Å². The summed E-state index contributed by atoms with van der Waals surface area (Å²) in [5.41, 5.74) is 0.458. The number of benzene rings is 1. The van der Waals surface area contributed by atoms with Gasteiger partial charge in [-0.15, -0.1) is 0 Å². The van der Waals surface area contributed by atoms with Crippen molar-refractivity contribution in [3.05, 3.63) is 17.7 Å². The molecular formula is C16H23NO5. The molecule has 122 valence electrons. The molecule has 2 rings (SSSR count). The van der Waals surface area contributed by atoms with Crippen LogP contribution in [-0.2, 0) is 4.74 Å².